The summed E-state index contributed by atoms with van der Waals surface area (Å²) in [5.74, 6) is 5.57. The van der Waals surface area contributed by atoms with Gasteiger partial charge in [-0.1, -0.05) is 43.0 Å². The predicted molar refractivity (Wildman–Crippen MR) is 131 cm³/mol. The number of hydrazine groups is 1. The molecular weight excluding hydrogens is 408 g/mol. The summed E-state index contributed by atoms with van der Waals surface area (Å²) in [6, 6.07) is 13.6. The van der Waals surface area contributed by atoms with Gasteiger partial charge in [0.25, 0.3) is 0 Å². The van der Waals surface area contributed by atoms with Gasteiger partial charge in [0.05, 0.1) is 27.6 Å². The molecule has 3 aromatic rings. The van der Waals surface area contributed by atoms with Crippen LogP contribution in [0, 0.1) is 0 Å². The fraction of sp³-hybridized carbons (Fsp3) is 0.208. The van der Waals surface area contributed by atoms with E-state index in [1.54, 1.807) is 6.07 Å². The highest BCUT2D eigenvalue weighted by atomic mass is 35.5. The summed E-state index contributed by atoms with van der Waals surface area (Å²) in [6.07, 6.45) is 0. The van der Waals surface area contributed by atoms with Gasteiger partial charge in [-0.05, 0) is 36.8 Å². The molecule has 5 N–H and O–H groups in total. The number of pyridine rings is 1. The van der Waals surface area contributed by atoms with Gasteiger partial charge >= 0.3 is 0 Å². The average Bonchev–Trinajstić information content (AvgIpc) is 2.78. The summed E-state index contributed by atoms with van der Waals surface area (Å²) >= 11 is 6.59. The zero-order chi connectivity index (χ0) is 22.1. The van der Waals surface area contributed by atoms with Crippen LogP contribution < -0.4 is 17.0 Å². The Kier molecular flexibility index (Phi) is 5.76. The monoisotopic (exact) mass is 434 g/mol. The number of rotatable bonds is 5. The topological polar surface area (TPSA) is 83.4 Å². The van der Waals surface area contributed by atoms with E-state index < -0.39 is 0 Å². The van der Waals surface area contributed by atoms with E-state index in [9.17, 15) is 0 Å². The van der Waals surface area contributed by atoms with Gasteiger partial charge in [0.2, 0.25) is 0 Å². The number of hydrogen-bond donors (Lipinski definition) is 3. The number of fused-ring (bicyclic) bond motifs is 1. The van der Waals surface area contributed by atoms with Crippen molar-refractivity contribution in [1.29, 1.82) is 0 Å². The number of benzene rings is 2. The lowest BCUT2D eigenvalue weighted by Gasteiger charge is -2.38. The summed E-state index contributed by atoms with van der Waals surface area (Å²) in [4.78, 5) is 9.47. The Bertz CT molecular complexity index is 1160. The molecule has 31 heavy (non-hydrogen) atoms. The number of aromatic nitrogens is 1. The van der Waals surface area contributed by atoms with Crippen LogP contribution in [0.25, 0.3) is 27.9 Å². The van der Waals surface area contributed by atoms with E-state index in [-0.39, 0.29) is 0 Å². The van der Waals surface area contributed by atoms with Crippen molar-refractivity contribution in [3.05, 3.63) is 71.9 Å². The summed E-state index contributed by atoms with van der Waals surface area (Å²) < 4.78 is 0. The third kappa shape index (κ3) is 4.17. The molecule has 1 aromatic heterocycles. The van der Waals surface area contributed by atoms with Crippen LogP contribution in [-0.2, 0) is 0 Å². The van der Waals surface area contributed by atoms with Gasteiger partial charge in [0, 0.05) is 48.5 Å². The van der Waals surface area contributed by atoms with Crippen LogP contribution in [0.4, 0.5) is 11.4 Å². The third-order valence-electron chi connectivity index (χ3n) is 5.80. The second-order valence-electron chi connectivity index (χ2n) is 7.82. The van der Waals surface area contributed by atoms with Crippen LogP contribution >= 0.6 is 11.6 Å². The van der Waals surface area contributed by atoms with Crippen LogP contribution in [0.15, 0.2) is 61.3 Å². The molecule has 0 spiro atoms. The van der Waals surface area contributed by atoms with Gasteiger partial charge in [-0.25, -0.2) is 4.98 Å². The number of nitrogens with two attached hydrogens (primary N) is 2. The van der Waals surface area contributed by atoms with Crippen LogP contribution in [0.2, 0.25) is 5.02 Å². The van der Waals surface area contributed by atoms with Crippen molar-refractivity contribution in [2.45, 2.75) is 6.92 Å². The highest BCUT2D eigenvalue weighted by Gasteiger charge is 2.19. The number of allylic oxidation sites excluding steroid dienone is 1. The Morgan fingerprint density at radius 3 is 2.42 bits per heavy atom. The van der Waals surface area contributed by atoms with E-state index in [1.807, 2.05) is 24.3 Å². The summed E-state index contributed by atoms with van der Waals surface area (Å²) in [6.45, 7) is 14.2. The van der Waals surface area contributed by atoms with Crippen molar-refractivity contribution >= 4 is 39.6 Å². The van der Waals surface area contributed by atoms with Crippen LogP contribution in [0.1, 0.15) is 12.5 Å². The van der Waals surface area contributed by atoms with Crippen molar-refractivity contribution in [1.82, 2.24) is 14.8 Å². The Morgan fingerprint density at radius 1 is 1.03 bits per heavy atom. The van der Waals surface area contributed by atoms with Gasteiger partial charge in [-0.2, -0.15) is 0 Å². The molecular formula is C24H27ClN6. The smallest absolute Gasteiger partial charge is 0.0731 e. The normalized spacial score (nSPS) is 14.0. The Labute approximate surface area is 187 Å². The maximum atomic E-state index is 6.59. The van der Waals surface area contributed by atoms with Gasteiger partial charge < -0.3 is 21.0 Å². The van der Waals surface area contributed by atoms with Crippen LogP contribution in [-0.4, -0.2) is 41.0 Å². The van der Waals surface area contributed by atoms with Gasteiger partial charge in [-0.15, -0.1) is 0 Å². The van der Waals surface area contributed by atoms with Gasteiger partial charge in [0.1, 0.15) is 0 Å². The number of hydrogen-bond acceptors (Lipinski definition) is 6. The van der Waals surface area contributed by atoms with E-state index in [0.29, 0.717) is 16.4 Å². The number of halogens is 1. The van der Waals surface area contributed by atoms with E-state index in [4.69, 9.17) is 28.2 Å². The van der Waals surface area contributed by atoms with Crippen LogP contribution in [0.5, 0.6) is 0 Å². The standard InChI is InChI=1S/C24H27ClN6/c1-15(2)30-8-10-31(11-9-30)16(3)17-4-6-19-20(25)14-22(28-23(19)12-17)18-5-7-21(26)24(13-18)29-27/h4-7,12-14,29H,1,3,8-11,26-27H2,2H3. The molecule has 2 aromatic carbocycles. The quantitative estimate of drug-likeness (QED) is 0.310. The van der Waals surface area contributed by atoms with Gasteiger partial charge in [0.15, 0.2) is 0 Å². The highest BCUT2D eigenvalue weighted by molar-refractivity contribution is 6.35. The largest absolute Gasteiger partial charge is 0.397 e. The fourth-order valence-corrected chi connectivity index (χ4v) is 4.16. The van der Waals surface area contributed by atoms with Crippen molar-refractivity contribution in [3.8, 4) is 11.3 Å². The van der Waals surface area contributed by atoms with E-state index in [1.165, 1.54) is 0 Å². The molecule has 6 nitrogen and oxygen atoms in total. The lowest BCUT2D eigenvalue weighted by Crippen LogP contribution is -2.44. The van der Waals surface area contributed by atoms with Gasteiger partial charge in [-0.3, -0.25) is 5.84 Å². The highest BCUT2D eigenvalue weighted by Crippen LogP contribution is 2.32. The maximum absolute atomic E-state index is 6.59. The first-order valence-corrected chi connectivity index (χ1v) is 10.6. The van der Waals surface area contributed by atoms with Crippen LogP contribution in [0.3, 0.4) is 0 Å². The van der Waals surface area contributed by atoms with E-state index >= 15 is 0 Å². The van der Waals surface area contributed by atoms with Crippen molar-refractivity contribution in [3.63, 3.8) is 0 Å². The Hall–Kier alpha value is -3.22. The average molecular weight is 435 g/mol. The molecule has 1 aliphatic rings. The van der Waals surface area contributed by atoms with Crippen molar-refractivity contribution in [2.24, 2.45) is 5.84 Å². The maximum Gasteiger partial charge on any atom is 0.0731 e. The molecule has 7 heteroatoms. The SMILES string of the molecule is C=C(C)N1CCN(C(=C)c2ccc3c(Cl)cc(-c4ccc(N)c(NN)c4)nc3c2)CC1. The molecule has 0 saturated carbocycles. The minimum atomic E-state index is 0.573. The van der Waals surface area contributed by atoms with E-state index in [2.05, 4.69) is 47.4 Å². The molecule has 2 heterocycles. The first kappa shape index (κ1) is 21.0. The molecule has 0 bridgehead atoms. The molecule has 0 unspecified atom stereocenters. The lowest BCUT2D eigenvalue weighted by atomic mass is 10.0. The Morgan fingerprint density at radius 2 is 1.74 bits per heavy atom. The number of nitrogen functional groups attached to an aromatic ring is 2. The fourth-order valence-electron chi connectivity index (χ4n) is 3.89. The number of nitrogens with zero attached hydrogens (tertiary/aromatic N) is 3. The zero-order valence-electron chi connectivity index (χ0n) is 17.7. The van der Waals surface area contributed by atoms with E-state index in [0.717, 1.165) is 65.3 Å². The number of nitrogens with one attached hydrogen (secondary N) is 1. The second-order valence-corrected chi connectivity index (χ2v) is 8.23. The third-order valence-corrected chi connectivity index (χ3v) is 6.11. The molecule has 0 radical (unpaired) electrons. The number of anilines is 2. The molecule has 0 aliphatic carbocycles. The summed E-state index contributed by atoms with van der Waals surface area (Å²) in [5.41, 5.74) is 15.4. The first-order chi connectivity index (χ1) is 14.9. The minimum Gasteiger partial charge on any atom is -0.397 e. The van der Waals surface area contributed by atoms with Crippen molar-refractivity contribution in [2.75, 3.05) is 37.3 Å². The summed E-state index contributed by atoms with van der Waals surface area (Å²) in [7, 11) is 0. The lowest BCUT2D eigenvalue weighted by molar-refractivity contribution is 0.215. The second kappa shape index (κ2) is 8.49. The first-order valence-electron chi connectivity index (χ1n) is 10.2. The number of piperazine rings is 1. The summed E-state index contributed by atoms with van der Waals surface area (Å²) in [5, 5.41) is 1.55. The molecule has 0 amide bonds. The molecule has 0 atom stereocenters. The molecule has 1 fully saturated rings. The Balaban J connectivity index is 1.65. The molecule has 1 saturated heterocycles. The van der Waals surface area contributed by atoms with Crippen molar-refractivity contribution < 1.29 is 0 Å². The predicted octanol–water partition coefficient (Wildman–Crippen LogP) is 4.54. The molecule has 4 rings (SSSR count). The molecule has 160 valence electrons. The minimum absolute atomic E-state index is 0.573. The molecule has 1 aliphatic heterocycles. The zero-order valence-corrected chi connectivity index (χ0v) is 18.4.